The molecule has 2 heterocycles. The lowest BCUT2D eigenvalue weighted by molar-refractivity contribution is -0.176. The van der Waals surface area contributed by atoms with E-state index >= 15 is 0 Å². The monoisotopic (exact) mass is 605 g/mol. The van der Waals surface area contributed by atoms with Crippen molar-refractivity contribution in [2.24, 2.45) is 17.6 Å². The molecule has 8 nitrogen and oxygen atoms in total. The van der Waals surface area contributed by atoms with Gasteiger partial charge >= 0.3 is 5.97 Å². The highest BCUT2D eigenvalue weighted by Crippen LogP contribution is 2.56. The Hall–Kier alpha value is -4.95. The van der Waals surface area contributed by atoms with Gasteiger partial charge in [-0.2, -0.15) is 0 Å². The normalized spacial score (nSPS) is 19.5. The van der Waals surface area contributed by atoms with Crippen molar-refractivity contribution in [2.75, 3.05) is 23.4 Å². The van der Waals surface area contributed by atoms with Crippen LogP contribution in [0.4, 0.5) is 22.7 Å². The van der Waals surface area contributed by atoms with Crippen molar-refractivity contribution in [1.29, 1.82) is 0 Å². The van der Waals surface area contributed by atoms with Crippen LogP contribution < -0.4 is 20.3 Å². The third kappa shape index (κ3) is 5.93. The maximum Gasteiger partial charge on any atom is 0.310 e. The Morgan fingerprint density at radius 2 is 1.51 bits per heavy atom. The van der Waals surface area contributed by atoms with Gasteiger partial charge in [-0.15, -0.1) is 0 Å². The number of nitrogens with two attached hydrogens (primary N) is 1. The van der Waals surface area contributed by atoms with Gasteiger partial charge in [0.1, 0.15) is 17.8 Å². The molecule has 6 rings (SSSR count). The highest BCUT2D eigenvalue weighted by Gasteiger charge is 2.52. The standard InChI is InChI=1S/C35H35N3O4.C2H4O/c1-4-24-21-35(42-34(40)23(24)2)29-17-15-27(37(3)25-11-7-5-8-12-25)20-32(29)41-31-18-16-28(19-30(31)35)38(33(39)22-36)26-13-9-6-10-14-26;1-2-3/h5-20,23-24H,4,21-22,36H2,1-3H3;2H,1H3. The van der Waals surface area contributed by atoms with Crippen molar-refractivity contribution >= 4 is 40.9 Å². The van der Waals surface area contributed by atoms with Crippen LogP contribution in [0.3, 0.4) is 0 Å². The highest BCUT2D eigenvalue weighted by atomic mass is 16.6. The average Bonchev–Trinajstić information content (AvgIpc) is 3.07. The largest absolute Gasteiger partial charge is 0.456 e. The van der Waals surface area contributed by atoms with E-state index in [-0.39, 0.29) is 30.3 Å². The Bertz CT molecular complexity index is 1680. The molecule has 0 aliphatic carbocycles. The van der Waals surface area contributed by atoms with E-state index in [4.69, 9.17) is 20.0 Å². The number of esters is 1. The minimum atomic E-state index is -1.07. The maximum atomic E-state index is 13.5. The predicted molar refractivity (Wildman–Crippen MR) is 176 cm³/mol. The van der Waals surface area contributed by atoms with Gasteiger partial charge in [0.25, 0.3) is 0 Å². The Morgan fingerprint density at radius 1 is 0.889 bits per heavy atom. The van der Waals surface area contributed by atoms with Crippen LogP contribution in [0.5, 0.6) is 11.5 Å². The average molecular weight is 606 g/mol. The molecule has 0 bridgehead atoms. The molecule has 3 atom stereocenters. The van der Waals surface area contributed by atoms with Crippen LogP contribution in [-0.2, 0) is 24.7 Å². The van der Waals surface area contributed by atoms with E-state index in [9.17, 15) is 9.59 Å². The van der Waals surface area contributed by atoms with Crippen molar-refractivity contribution < 1.29 is 23.9 Å². The number of anilines is 4. The summed E-state index contributed by atoms with van der Waals surface area (Å²) >= 11 is 0. The molecule has 3 unspecified atom stereocenters. The van der Waals surface area contributed by atoms with Gasteiger partial charge in [0.05, 0.1) is 12.5 Å². The Labute approximate surface area is 264 Å². The lowest BCUT2D eigenvalue weighted by atomic mass is 9.71. The number of fused-ring (bicyclic) bond motifs is 4. The highest BCUT2D eigenvalue weighted by molar-refractivity contribution is 6.01. The molecule has 2 N–H and O–H groups in total. The molecule has 1 saturated heterocycles. The molecule has 1 amide bonds. The van der Waals surface area contributed by atoms with E-state index in [0.29, 0.717) is 29.3 Å². The molecule has 2 aliphatic rings. The second kappa shape index (κ2) is 13.4. The summed E-state index contributed by atoms with van der Waals surface area (Å²) in [5.74, 6) is 0.641. The zero-order valence-corrected chi connectivity index (χ0v) is 26.1. The summed E-state index contributed by atoms with van der Waals surface area (Å²) < 4.78 is 13.0. The fraction of sp³-hybridized carbons (Fsp3) is 0.270. The van der Waals surface area contributed by atoms with Gasteiger partial charge in [0, 0.05) is 47.0 Å². The Morgan fingerprint density at radius 3 is 2.13 bits per heavy atom. The zero-order valence-electron chi connectivity index (χ0n) is 26.1. The van der Waals surface area contributed by atoms with Crippen LogP contribution in [-0.4, -0.2) is 31.8 Å². The van der Waals surface area contributed by atoms with Crippen LogP contribution in [0.1, 0.15) is 44.7 Å². The smallest absolute Gasteiger partial charge is 0.310 e. The first-order valence-electron chi connectivity index (χ1n) is 15.2. The predicted octanol–water partition coefficient (Wildman–Crippen LogP) is 7.24. The summed E-state index contributed by atoms with van der Waals surface area (Å²) in [6.07, 6.45) is 2.19. The molecule has 2 aliphatic heterocycles. The van der Waals surface area contributed by atoms with E-state index in [1.54, 1.807) is 4.90 Å². The van der Waals surface area contributed by atoms with Gasteiger partial charge in [-0.1, -0.05) is 56.7 Å². The van der Waals surface area contributed by atoms with E-state index in [0.717, 1.165) is 35.2 Å². The SMILES string of the molecule is CC=O.CCC1CC2(OC(=O)C1C)c1ccc(N(C)c3ccccc3)cc1Oc1ccc(N(C(=O)CN)c3ccccc3)cc12. The van der Waals surface area contributed by atoms with Gasteiger partial charge in [-0.3, -0.25) is 14.5 Å². The Kier molecular flexibility index (Phi) is 9.34. The van der Waals surface area contributed by atoms with Gasteiger partial charge < -0.3 is 24.9 Å². The number of hydrogen-bond donors (Lipinski definition) is 1. The second-order valence-electron chi connectivity index (χ2n) is 11.3. The number of carbonyl (C=O) groups excluding carboxylic acids is 3. The molecular weight excluding hydrogens is 566 g/mol. The number of carbonyl (C=O) groups is 3. The fourth-order valence-electron chi connectivity index (χ4n) is 6.24. The second-order valence-corrected chi connectivity index (χ2v) is 11.3. The summed E-state index contributed by atoms with van der Waals surface area (Å²) in [6.45, 7) is 5.34. The fourth-order valence-corrected chi connectivity index (χ4v) is 6.24. The summed E-state index contributed by atoms with van der Waals surface area (Å²) in [6, 6.07) is 31.2. The van der Waals surface area contributed by atoms with Crippen LogP contribution in [0.25, 0.3) is 0 Å². The summed E-state index contributed by atoms with van der Waals surface area (Å²) in [4.78, 5) is 39.1. The number of aldehydes is 1. The molecule has 8 heteroatoms. The number of para-hydroxylation sites is 2. The number of hydrogen-bond acceptors (Lipinski definition) is 7. The minimum Gasteiger partial charge on any atom is -0.456 e. The third-order valence-electron chi connectivity index (χ3n) is 8.67. The Balaban J connectivity index is 0.00000128. The van der Waals surface area contributed by atoms with Crippen LogP contribution >= 0.6 is 0 Å². The quantitative estimate of drug-likeness (QED) is 0.183. The number of nitrogens with zero attached hydrogens (tertiary/aromatic N) is 2. The van der Waals surface area contributed by atoms with E-state index < -0.39 is 5.60 Å². The first-order valence-corrected chi connectivity index (χ1v) is 15.2. The molecule has 0 aromatic heterocycles. The molecule has 232 valence electrons. The van der Waals surface area contributed by atoms with Crippen molar-refractivity contribution in [3.63, 3.8) is 0 Å². The summed E-state index contributed by atoms with van der Waals surface area (Å²) in [5, 5.41) is 0. The number of benzene rings is 4. The molecule has 4 aromatic carbocycles. The van der Waals surface area contributed by atoms with Crippen molar-refractivity contribution in [2.45, 2.75) is 39.2 Å². The molecule has 45 heavy (non-hydrogen) atoms. The number of amides is 1. The number of rotatable bonds is 6. The molecular formula is C37H39N3O5. The van der Waals surface area contributed by atoms with Crippen molar-refractivity contribution in [3.05, 3.63) is 108 Å². The summed E-state index contributed by atoms with van der Waals surface area (Å²) in [5.41, 5.74) is 9.62. The lowest BCUT2D eigenvalue weighted by Crippen LogP contribution is -2.46. The van der Waals surface area contributed by atoms with Gasteiger partial charge in [0.2, 0.25) is 5.91 Å². The van der Waals surface area contributed by atoms with Crippen molar-refractivity contribution in [3.8, 4) is 11.5 Å². The van der Waals surface area contributed by atoms with E-state index in [1.807, 2.05) is 98.9 Å². The van der Waals surface area contributed by atoms with E-state index in [1.165, 1.54) is 6.92 Å². The third-order valence-corrected chi connectivity index (χ3v) is 8.67. The van der Waals surface area contributed by atoms with Gasteiger partial charge in [0.15, 0.2) is 5.60 Å². The van der Waals surface area contributed by atoms with Gasteiger partial charge in [-0.05, 0) is 73.9 Å². The number of ether oxygens (including phenoxy) is 2. The van der Waals surface area contributed by atoms with Crippen LogP contribution in [0, 0.1) is 11.8 Å². The lowest BCUT2D eigenvalue weighted by Gasteiger charge is -2.46. The first kappa shape index (κ1) is 31.5. The first-order chi connectivity index (χ1) is 21.8. The topological polar surface area (TPSA) is 102 Å². The van der Waals surface area contributed by atoms with Gasteiger partial charge in [-0.25, -0.2) is 0 Å². The molecule has 0 saturated carbocycles. The molecule has 1 spiro atoms. The van der Waals surface area contributed by atoms with Crippen LogP contribution in [0.15, 0.2) is 97.1 Å². The molecule has 4 aromatic rings. The van der Waals surface area contributed by atoms with Crippen LogP contribution in [0.2, 0.25) is 0 Å². The zero-order chi connectivity index (χ0) is 32.1. The van der Waals surface area contributed by atoms with Crippen molar-refractivity contribution in [1.82, 2.24) is 0 Å². The maximum absolute atomic E-state index is 13.5. The van der Waals surface area contributed by atoms with E-state index in [2.05, 4.69) is 24.0 Å². The summed E-state index contributed by atoms with van der Waals surface area (Å²) in [7, 11) is 2.01. The minimum absolute atomic E-state index is 0.108. The molecule has 1 fully saturated rings. The molecule has 0 radical (unpaired) electrons.